The van der Waals surface area contributed by atoms with E-state index >= 15 is 0 Å². The van der Waals surface area contributed by atoms with Crippen LogP contribution in [0.25, 0.3) is 0 Å². The number of aliphatic hydroxyl groups excluding tert-OH is 1. The van der Waals surface area contributed by atoms with Crippen molar-refractivity contribution < 1.29 is 18.6 Å². The number of nitrogens with zero attached hydrogens (tertiary/aromatic N) is 2. The number of hydrogen-bond donors (Lipinski definition) is 1. The van der Waals surface area contributed by atoms with E-state index in [4.69, 9.17) is 9.84 Å². The first-order valence-corrected chi connectivity index (χ1v) is 5.63. The van der Waals surface area contributed by atoms with Crippen LogP contribution in [-0.4, -0.2) is 15.1 Å². The summed E-state index contributed by atoms with van der Waals surface area (Å²) in [6, 6.07) is 2.25. The van der Waals surface area contributed by atoms with Gasteiger partial charge < -0.3 is 9.84 Å². The van der Waals surface area contributed by atoms with Crippen molar-refractivity contribution in [2.75, 3.05) is 0 Å². The van der Waals surface area contributed by atoms with Crippen LogP contribution >= 0.6 is 15.9 Å². The molecule has 94 valence electrons. The van der Waals surface area contributed by atoms with Crippen molar-refractivity contribution in [3.8, 4) is 11.6 Å². The van der Waals surface area contributed by atoms with Crippen molar-refractivity contribution in [3.63, 3.8) is 0 Å². The molecule has 2 rings (SSSR count). The highest BCUT2D eigenvalue weighted by Crippen LogP contribution is 2.28. The lowest BCUT2D eigenvalue weighted by Gasteiger charge is -2.07. The van der Waals surface area contributed by atoms with E-state index in [1.807, 2.05) is 0 Å². The van der Waals surface area contributed by atoms with Crippen LogP contribution < -0.4 is 4.74 Å². The van der Waals surface area contributed by atoms with Crippen LogP contribution in [0.2, 0.25) is 0 Å². The van der Waals surface area contributed by atoms with Gasteiger partial charge in [0.25, 0.3) is 0 Å². The summed E-state index contributed by atoms with van der Waals surface area (Å²) in [5, 5.41) is 8.87. The molecule has 0 aliphatic heterocycles. The van der Waals surface area contributed by atoms with Gasteiger partial charge in [0.2, 0.25) is 11.7 Å². The maximum atomic E-state index is 13.4. The number of benzene rings is 1. The number of aromatic nitrogens is 2. The third-order valence-electron chi connectivity index (χ3n) is 2.00. The molecule has 4 nitrogen and oxygen atoms in total. The van der Waals surface area contributed by atoms with Crippen molar-refractivity contribution >= 4 is 15.9 Å². The lowest BCUT2D eigenvalue weighted by atomic mass is 10.3. The van der Waals surface area contributed by atoms with Crippen molar-refractivity contribution in [3.05, 3.63) is 46.3 Å². The quantitative estimate of drug-likeness (QED) is 0.885. The molecular weight excluding hydrogens is 310 g/mol. The molecule has 1 heterocycles. The molecule has 1 aromatic carbocycles. The van der Waals surface area contributed by atoms with Gasteiger partial charge in [-0.3, -0.25) is 4.98 Å². The summed E-state index contributed by atoms with van der Waals surface area (Å²) in [7, 11) is 0. The van der Waals surface area contributed by atoms with E-state index in [9.17, 15) is 8.78 Å². The van der Waals surface area contributed by atoms with Crippen LogP contribution in [0.5, 0.6) is 11.6 Å². The second-order valence-electron chi connectivity index (χ2n) is 3.31. The van der Waals surface area contributed by atoms with Crippen molar-refractivity contribution in [2.45, 2.75) is 6.61 Å². The molecule has 1 N–H and O–H groups in total. The maximum Gasteiger partial charge on any atom is 0.238 e. The van der Waals surface area contributed by atoms with Gasteiger partial charge in [0, 0.05) is 4.47 Å². The van der Waals surface area contributed by atoms with Gasteiger partial charge in [0.15, 0.2) is 11.6 Å². The average Bonchev–Trinajstić information content (AvgIpc) is 2.35. The summed E-state index contributed by atoms with van der Waals surface area (Å²) < 4.78 is 32.0. The zero-order chi connectivity index (χ0) is 13.1. The number of halogens is 3. The third kappa shape index (κ3) is 2.80. The first-order chi connectivity index (χ1) is 8.60. The zero-order valence-electron chi connectivity index (χ0n) is 8.90. The minimum absolute atomic E-state index is 0.0297. The highest BCUT2D eigenvalue weighted by atomic mass is 79.9. The van der Waals surface area contributed by atoms with Gasteiger partial charge in [-0.1, -0.05) is 15.9 Å². The molecule has 18 heavy (non-hydrogen) atoms. The van der Waals surface area contributed by atoms with Crippen LogP contribution in [0.1, 0.15) is 5.69 Å². The van der Waals surface area contributed by atoms with Gasteiger partial charge >= 0.3 is 0 Å². The Kier molecular flexibility index (Phi) is 3.83. The van der Waals surface area contributed by atoms with Crippen LogP contribution in [0, 0.1) is 11.6 Å². The lowest BCUT2D eigenvalue weighted by Crippen LogP contribution is -1.97. The Hall–Kier alpha value is -1.60. The molecule has 0 atom stereocenters. The van der Waals surface area contributed by atoms with Gasteiger partial charge in [-0.2, -0.15) is 4.39 Å². The summed E-state index contributed by atoms with van der Waals surface area (Å²) in [6.45, 7) is -0.320. The molecule has 0 radical (unpaired) electrons. The molecule has 1 aromatic heterocycles. The fourth-order valence-corrected chi connectivity index (χ4v) is 1.64. The Bertz CT molecular complexity index is 581. The second-order valence-corrected chi connectivity index (χ2v) is 4.22. The standard InChI is InChI=1S/C11H7BrF2N2O2/c12-6-1-8(13)11(14)9(2-6)18-10-4-15-3-7(5-17)16-10/h1-4,17H,5H2. The molecular formula is C11H7BrF2N2O2. The molecule has 7 heteroatoms. The van der Waals surface area contributed by atoms with E-state index in [-0.39, 0.29) is 23.9 Å². The summed E-state index contributed by atoms with van der Waals surface area (Å²) in [5.41, 5.74) is 0.267. The molecule has 0 unspecified atom stereocenters. The molecule has 0 amide bonds. The highest BCUT2D eigenvalue weighted by Gasteiger charge is 2.13. The first-order valence-electron chi connectivity index (χ1n) is 4.84. The van der Waals surface area contributed by atoms with E-state index in [1.54, 1.807) is 0 Å². The normalized spacial score (nSPS) is 10.4. The Morgan fingerprint density at radius 2 is 2.06 bits per heavy atom. The Morgan fingerprint density at radius 1 is 1.28 bits per heavy atom. The van der Waals surface area contributed by atoms with Crippen LogP contribution in [0.15, 0.2) is 29.0 Å². The summed E-state index contributed by atoms with van der Waals surface area (Å²) >= 11 is 3.03. The summed E-state index contributed by atoms with van der Waals surface area (Å²) in [4.78, 5) is 7.60. The number of hydrogen-bond acceptors (Lipinski definition) is 4. The van der Waals surface area contributed by atoms with Crippen molar-refractivity contribution in [1.29, 1.82) is 0 Å². The minimum atomic E-state index is -1.12. The van der Waals surface area contributed by atoms with E-state index in [0.717, 1.165) is 6.07 Å². The molecule has 2 aromatic rings. The number of aliphatic hydroxyl groups is 1. The van der Waals surface area contributed by atoms with Gasteiger partial charge in [0.1, 0.15) is 0 Å². The predicted molar refractivity (Wildman–Crippen MR) is 62.1 cm³/mol. The maximum absolute atomic E-state index is 13.4. The van der Waals surface area contributed by atoms with E-state index in [0.29, 0.717) is 4.47 Å². The third-order valence-corrected chi connectivity index (χ3v) is 2.46. The average molecular weight is 317 g/mol. The topological polar surface area (TPSA) is 55.2 Å². The highest BCUT2D eigenvalue weighted by molar-refractivity contribution is 9.10. The molecule has 0 spiro atoms. The SMILES string of the molecule is OCc1cncc(Oc2cc(Br)cc(F)c2F)n1. The van der Waals surface area contributed by atoms with Gasteiger partial charge in [-0.05, 0) is 12.1 Å². The zero-order valence-corrected chi connectivity index (χ0v) is 10.5. The molecule has 0 bridgehead atoms. The minimum Gasteiger partial charge on any atom is -0.434 e. The Balaban J connectivity index is 2.33. The van der Waals surface area contributed by atoms with Crippen LogP contribution in [-0.2, 0) is 6.61 Å². The van der Waals surface area contributed by atoms with E-state index < -0.39 is 11.6 Å². The Labute approximate surface area is 109 Å². The smallest absolute Gasteiger partial charge is 0.238 e. The number of rotatable bonds is 3. The molecule has 0 saturated heterocycles. The molecule has 0 aliphatic carbocycles. The van der Waals surface area contributed by atoms with Gasteiger partial charge in [-0.25, -0.2) is 9.37 Å². The van der Waals surface area contributed by atoms with Crippen LogP contribution in [0.4, 0.5) is 8.78 Å². The van der Waals surface area contributed by atoms with E-state index in [2.05, 4.69) is 25.9 Å². The molecule has 0 fully saturated rings. The van der Waals surface area contributed by atoms with Crippen molar-refractivity contribution in [2.24, 2.45) is 0 Å². The fourth-order valence-electron chi connectivity index (χ4n) is 1.23. The monoisotopic (exact) mass is 316 g/mol. The lowest BCUT2D eigenvalue weighted by molar-refractivity contribution is 0.274. The Morgan fingerprint density at radius 3 is 2.78 bits per heavy atom. The predicted octanol–water partition coefficient (Wildman–Crippen LogP) is 2.80. The number of ether oxygens (including phenoxy) is 1. The van der Waals surface area contributed by atoms with Crippen LogP contribution in [0.3, 0.4) is 0 Å². The molecule has 0 aliphatic rings. The summed E-state index contributed by atoms with van der Waals surface area (Å²) in [6.07, 6.45) is 2.57. The van der Waals surface area contributed by atoms with Gasteiger partial charge in [0.05, 0.1) is 24.7 Å². The largest absolute Gasteiger partial charge is 0.434 e. The van der Waals surface area contributed by atoms with Crippen molar-refractivity contribution in [1.82, 2.24) is 9.97 Å². The van der Waals surface area contributed by atoms with Gasteiger partial charge in [-0.15, -0.1) is 0 Å². The fraction of sp³-hybridized carbons (Fsp3) is 0.0909. The molecule has 0 saturated carbocycles. The summed E-state index contributed by atoms with van der Waals surface area (Å²) in [5.74, 6) is -2.50. The second kappa shape index (κ2) is 5.36. The first kappa shape index (κ1) is 12.8. The van der Waals surface area contributed by atoms with E-state index in [1.165, 1.54) is 18.5 Å².